The van der Waals surface area contributed by atoms with Crippen molar-refractivity contribution in [1.82, 2.24) is 15.6 Å². The molecule has 5 nitrogen and oxygen atoms in total. The number of benzene rings is 1. The second-order valence-electron chi connectivity index (χ2n) is 5.20. The molecule has 2 rings (SSSR count). The van der Waals surface area contributed by atoms with Crippen LogP contribution in [0.1, 0.15) is 24.4 Å². The first-order chi connectivity index (χ1) is 10.7. The minimum atomic E-state index is 0.0354. The Bertz CT molecular complexity index is 593. The number of aromatic nitrogens is 1. The van der Waals surface area contributed by atoms with Crippen LogP contribution in [0.15, 0.2) is 34.7 Å². The van der Waals surface area contributed by atoms with E-state index in [1.165, 1.54) is 0 Å². The molecule has 0 saturated heterocycles. The first kappa shape index (κ1) is 16.2. The minimum absolute atomic E-state index is 0.0354. The minimum Gasteiger partial charge on any atom is -0.440 e. The lowest BCUT2D eigenvalue weighted by Crippen LogP contribution is -2.26. The van der Waals surface area contributed by atoms with Crippen LogP contribution in [-0.4, -0.2) is 31.0 Å². The summed E-state index contributed by atoms with van der Waals surface area (Å²) in [4.78, 5) is 16.2. The van der Waals surface area contributed by atoms with Gasteiger partial charge in [0.1, 0.15) is 0 Å². The molecule has 1 aromatic heterocycles. The molecule has 0 atom stereocenters. The molecule has 5 heteroatoms. The first-order valence-electron chi connectivity index (χ1n) is 7.63. The fourth-order valence-corrected chi connectivity index (χ4v) is 2.22. The van der Waals surface area contributed by atoms with Gasteiger partial charge in [-0.2, -0.15) is 0 Å². The van der Waals surface area contributed by atoms with Crippen molar-refractivity contribution in [3.05, 3.63) is 41.9 Å². The highest BCUT2D eigenvalue weighted by Gasteiger charge is 2.12. The quantitative estimate of drug-likeness (QED) is 0.734. The third-order valence-electron chi connectivity index (χ3n) is 3.37. The van der Waals surface area contributed by atoms with E-state index in [1.54, 1.807) is 0 Å². The fourth-order valence-electron chi connectivity index (χ4n) is 2.22. The smallest absolute Gasteiger partial charge is 0.220 e. The Morgan fingerprint density at radius 2 is 2.00 bits per heavy atom. The third-order valence-corrected chi connectivity index (χ3v) is 3.37. The van der Waals surface area contributed by atoms with E-state index in [0.29, 0.717) is 25.3 Å². The zero-order valence-corrected chi connectivity index (χ0v) is 13.2. The highest BCUT2D eigenvalue weighted by molar-refractivity contribution is 5.76. The summed E-state index contributed by atoms with van der Waals surface area (Å²) in [6, 6.07) is 9.89. The maximum absolute atomic E-state index is 11.7. The molecule has 1 aromatic carbocycles. The van der Waals surface area contributed by atoms with Crippen LogP contribution in [0.5, 0.6) is 0 Å². The van der Waals surface area contributed by atoms with Gasteiger partial charge in [0, 0.05) is 24.9 Å². The average Bonchev–Trinajstić information content (AvgIpc) is 2.91. The number of oxazole rings is 1. The van der Waals surface area contributed by atoms with E-state index in [0.717, 1.165) is 30.0 Å². The lowest BCUT2D eigenvalue weighted by Gasteiger charge is -2.03. The van der Waals surface area contributed by atoms with Gasteiger partial charge in [0.25, 0.3) is 0 Å². The van der Waals surface area contributed by atoms with Gasteiger partial charge in [0.15, 0.2) is 11.7 Å². The molecular weight excluding hydrogens is 278 g/mol. The summed E-state index contributed by atoms with van der Waals surface area (Å²) in [6.07, 6.45) is 1.85. The van der Waals surface area contributed by atoms with Gasteiger partial charge in [-0.25, -0.2) is 4.98 Å². The fraction of sp³-hybridized carbons (Fsp3) is 0.412. The number of nitrogens with one attached hydrogen (secondary N) is 2. The Morgan fingerprint density at radius 1 is 1.23 bits per heavy atom. The summed E-state index contributed by atoms with van der Waals surface area (Å²) in [5.41, 5.74) is 1.87. The van der Waals surface area contributed by atoms with Crippen molar-refractivity contribution in [1.29, 1.82) is 0 Å². The number of carbonyl (C=O) groups excluding carboxylic acids is 1. The number of hydrogen-bond donors (Lipinski definition) is 2. The monoisotopic (exact) mass is 301 g/mol. The molecule has 1 amide bonds. The molecule has 0 bridgehead atoms. The summed E-state index contributed by atoms with van der Waals surface area (Å²) in [6.45, 7) is 3.52. The first-order valence-corrected chi connectivity index (χ1v) is 7.63. The van der Waals surface area contributed by atoms with Gasteiger partial charge in [0.05, 0.1) is 5.69 Å². The van der Waals surface area contributed by atoms with Crippen LogP contribution in [0, 0.1) is 6.92 Å². The SMILES string of the molecule is CNCCCNC(=O)CCc1nc(C)c(-c2ccccc2)o1. The standard InChI is InChI=1S/C17H23N3O2/c1-13-17(14-7-4-3-5-8-14)22-16(20-13)10-9-15(21)19-12-6-11-18-2/h3-5,7-8,18H,6,9-12H2,1-2H3,(H,19,21). The lowest BCUT2D eigenvalue weighted by atomic mass is 10.1. The topological polar surface area (TPSA) is 67.2 Å². The van der Waals surface area contributed by atoms with Gasteiger partial charge in [-0.15, -0.1) is 0 Å². The molecule has 0 fully saturated rings. The van der Waals surface area contributed by atoms with Crippen molar-refractivity contribution < 1.29 is 9.21 Å². The van der Waals surface area contributed by atoms with E-state index in [9.17, 15) is 4.79 Å². The van der Waals surface area contributed by atoms with Crippen LogP contribution in [0.25, 0.3) is 11.3 Å². The number of amides is 1. The average molecular weight is 301 g/mol. The maximum atomic E-state index is 11.7. The summed E-state index contributed by atoms with van der Waals surface area (Å²) in [7, 11) is 1.90. The van der Waals surface area contributed by atoms with E-state index in [4.69, 9.17) is 4.42 Å². The molecule has 2 N–H and O–H groups in total. The molecule has 2 aromatic rings. The predicted octanol–water partition coefficient (Wildman–Crippen LogP) is 2.31. The highest BCUT2D eigenvalue weighted by Crippen LogP contribution is 2.24. The number of rotatable bonds is 8. The van der Waals surface area contributed by atoms with Gasteiger partial charge in [-0.05, 0) is 26.9 Å². The van der Waals surface area contributed by atoms with Gasteiger partial charge < -0.3 is 15.1 Å². The van der Waals surface area contributed by atoms with E-state index in [1.807, 2.05) is 44.3 Å². The van der Waals surface area contributed by atoms with Crippen LogP contribution in [0.3, 0.4) is 0 Å². The molecule has 0 spiro atoms. The molecule has 0 unspecified atom stereocenters. The Balaban J connectivity index is 1.85. The number of aryl methyl sites for hydroxylation is 2. The molecule has 0 aliphatic rings. The van der Waals surface area contributed by atoms with Crippen molar-refractivity contribution in [2.45, 2.75) is 26.2 Å². The Kier molecular flexibility index (Phi) is 6.15. The van der Waals surface area contributed by atoms with E-state index in [2.05, 4.69) is 15.6 Å². The molecule has 1 heterocycles. The van der Waals surface area contributed by atoms with Crippen LogP contribution < -0.4 is 10.6 Å². The lowest BCUT2D eigenvalue weighted by molar-refractivity contribution is -0.121. The number of nitrogens with zero attached hydrogens (tertiary/aromatic N) is 1. The zero-order valence-electron chi connectivity index (χ0n) is 13.2. The van der Waals surface area contributed by atoms with E-state index >= 15 is 0 Å². The summed E-state index contributed by atoms with van der Waals surface area (Å²) >= 11 is 0. The van der Waals surface area contributed by atoms with E-state index < -0.39 is 0 Å². The molecule has 0 aliphatic heterocycles. The van der Waals surface area contributed by atoms with Crippen molar-refractivity contribution in [3.63, 3.8) is 0 Å². The molecule has 22 heavy (non-hydrogen) atoms. The van der Waals surface area contributed by atoms with Crippen LogP contribution in [-0.2, 0) is 11.2 Å². The third kappa shape index (κ3) is 4.70. The van der Waals surface area contributed by atoms with Gasteiger partial charge in [-0.3, -0.25) is 4.79 Å². The van der Waals surface area contributed by atoms with E-state index in [-0.39, 0.29) is 5.91 Å². The van der Waals surface area contributed by atoms with Crippen molar-refractivity contribution >= 4 is 5.91 Å². The van der Waals surface area contributed by atoms with Crippen LogP contribution in [0.4, 0.5) is 0 Å². The molecule has 0 radical (unpaired) electrons. The van der Waals surface area contributed by atoms with Crippen LogP contribution >= 0.6 is 0 Å². The Morgan fingerprint density at radius 3 is 2.73 bits per heavy atom. The maximum Gasteiger partial charge on any atom is 0.220 e. The Labute approximate surface area is 131 Å². The summed E-state index contributed by atoms with van der Waals surface area (Å²) in [5, 5.41) is 5.94. The van der Waals surface area contributed by atoms with Gasteiger partial charge in [0.2, 0.25) is 5.91 Å². The van der Waals surface area contributed by atoms with Gasteiger partial charge >= 0.3 is 0 Å². The normalized spacial score (nSPS) is 10.6. The molecule has 118 valence electrons. The molecular formula is C17H23N3O2. The second-order valence-corrected chi connectivity index (χ2v) is 5.20. The summed E-state index contributed by atoms with van der Waals surface area (Å²) < 4.78 is 5.79. The number of hydrogen-bond acceptors (Lipinski definition) is 4. The van der Waals surface area contributed by atoms with Gasteiger partial charge in [-0.1, -0.05) is 30.3 Å². The zero-order chi connectivity index (χ0) is 15.8. The van der Waals surface area contributed by atoms with Crippen LogP contribution in [0.2, 0.25) is 0 Å². The molecule has 0 aliphatic carbocycles. The van der Waals surface area contributed by atoms with Crippen molar-refractivity contribution in [3.8, 4) is 11.3 Å². The van der Waals surface area contributed by atoms with Crippen molar-refractivity contribution in [2.75, 3.05) is 20.1 Å². The summed E-state index contributed by atoms with van der Waals surface area (Å²) in [5.74, 6) is 1.43. The second kappa shape index (κ2) is 8.34. The van der Waals surface area contributed by atoms with Crippen molar-refractivity contribution in [2.24, 2.45) is 0 Å². The Hall–Kier alpha value is -2.14. The predicted molar refractivity (Wildman–Crippen MR) is 86.6 cm³/mol. The highest BCUT2D eigenvalue weighted by atomic mass is 16.4. The number of carbonyl (C=O) groups is 1. The largest absolute Gasteiger partial charge is 0.440 e. The molecule has 0 saturated carbocycles.